The Morgan fingerprint density at radius 1 is 1.33 bits per heavy atom. The third-order valence-corrected chi connectivity index (χ3v) is 4.23. The van der Waals surface area contributed by atoms with Gasteiger partial charge in [0.2, 0.25) is 0 Å². The van der Waals surface area contributed by atoms with Crippen LogP contribution in [0.4, 0.5) is 5.69 Å². The summed E-state index contributed by atoms with van der Waals surface area (Å²) in [6.07, 6.45) is 6.43. The van der Waals surface area contributed by atoms with Crippen molar-refractivity contribution in [2.75, 3.05) is 12.3 Å². The molecule has 3 N–H and O–H groups in total. The summed E-state index contributed by atoms with van der Waals surface area (Å²) in [5.74, 6) is 0.640. The second-order valence-corrected chi connectivity index (χ2v) is 5.80. The number of benzene rings is 1. The van der Waals surface area contributed by atoms with E-state index in [0.717, 1.165) is 11.0 Å². The molecule has 0 spiro atoms. The normalized spacial score (nSPS) is 16.5. The first-order valence-corrected chi connectivity index (χ1v) is 7.29. The highest BCUT2D eigenvalue weighted by Crippen LogP contribution is 2.23. The van der Waals surface area contributed by atoms with Crippen molar-refractivity contribution in [1.82, 2.24) is 5.32 Å². The molecule has 18 heavy (non-hydrogen) atoms. The second kappa shape index (κ2) is 6.23. The van der Waals surface area contributed by atoms with Gasteiger partial charge in [-0.15, -0.1) is 0 Å². The van der Waals surface area contributed by atoms with Crippen molar-refractivity contribution in [1.29, 1.82) is 0 Å². The lowest BCUT2D eigenvalue weighted by molar-refractivity contribution is 0.0943. The fraction of sp³-hybridized carbons (Fsp3) is 0.500. The average Bonchev–Trinajstić information content (AvgIpc) is 2.40. The second-order valence-electron chi connectivity index (χ2n) is 4.95. The largest absolute Gasteiger partial charge is 0.398 e. The molecule has 1 saturated carbocycles. The maximum atomic E-state index is 12.0. The molecule has 2 rings (SSSR count). The lowest BCUT2D eigenvalue weighted by Gasteiger charge is -2.21. The Hall–Kier alpha value is -1.03. The van der Waals surface area contributed by atoms with Crippen LogP contribution in [-0.4, -0.2) is 12.5 Å². The van der Waals surface area contributed by atoms with E-state index in [1.807, 2.05) is 0 Å². The maximum absolute atomic E-state index is 12.0. The Bertz CT molecular complexity index is 428. The number of amides is 1. The molecule has 0 bridgehead atoms. The van der Waals surface area contributed by atoms with E-state index in [1.165, 1.54) is 32.1 Å². The zero-order chi connectivity index (χ0) is 13.0. The maximum Gasteiger partial charge on any atom is 0.251 e. The number of rotatable bonds is 3. The van der Waals surface area contributed by atoms with Crippen LogP contribution in [0, 0.1) is 5.92 Å². The number of nitrogens with two attached hydrogens (primary N) is 1. The van der Waals surface area contributed by atoms with Gasteiger partial charge in [-0.3, -0.25) is 4.79 Å². The van der Waals surface area contributed by atoms with Crippen LogP contribution in [0.3, 0.4) is 0 Å². The summed E-state index contributed by atoms with van der Waals surface area (Å²) >= 11 is 3.34. The minimum atomic E-state index is -0.0127. The summed E-state index contributed by atoms with van der Waals surface area (Å²) < 4.78 is 0.771. The Kier molecular flexibility index (Phi) is 4.64. The van der Waals surface area contributed by atoms with Gasteiger partial charge in [-0.25, -0.2) is 0 Å². The smallest absolute Gasteiger partial charge is 0.251 e. The summed E-state index contributed by atoms with van der Waals surface area (Å²) in [5.41, 5.74) is 7.01. The van der Waals surface area contributed by atoms with Gasteiger partial charge in [0.25, 0.3) is 5.91 Å². The van der Waals surface area contributed by atoms with Crippen molar-refractivity contribution in [2.24, 2.45) is 5.92 Å². The zero-order valence-electron chi connectivity index (χ0n) is 10.4. The van der Waals surface area contributed by atoms with Gasteiger partial charge in [0, 0.05) is 22.3 Å². The topological polar surface area (TPSA) is 55.1 Å². The predicted octanol–water partition coefficient (Wildman–Crippen LogP) is 3.34. The lowest BCUT2D eigenvalue weighted by Crippen LogP contribution is -2.30. The summed E-state index contributed by atoms with van der Waals surface area (Å²) in [6.45, 7) is 0.792. The van der Waals surface area contributed by atoms with Crippen LogP contribution in [0.25, 0.3) is 0 Å². The number of nitrogen functional groups attached to an aromatic ring is 1. The summed E-state index contributed by atoms with van der Waals surface area (Å²) in [5, 5.41) is 3.01. The van der Waals surface area contributed by atoms with Crippen LogP contribution in [-0.2, 0) is 0 Å². The molecule has 1 aromatic carbocycles. The Morgan fingerprint density at radius 3 is 2.72 bits per heavy atom. The third kappa shape index (κ3) is 3.48. The first-order chi connectivity index (χ1) is 8.66. The van der Waals surface area contributed by atoms with Gasteiger partial charge in [0.15, 0.2) is 0 Å². The minimum Gasteiger partial charge on any atom is -0.398 e. The van der Waals surface area contributed by atoms with E-state index in [2.05, 4.69) is 21.2 Å². The molecule has 0 saturated heterocycles. The molecule has 98 valence electrons. The van der Waals surface area contributed by atoms with E-state index in [9.17, 15) is 4.79 Å². The monoisotopic (exact) mass is 310 g/mol. The van der Waals surface area contributed by atoms with Crippen LogP contribution in [0.5, 0.6) is 0 Å². The van der Waals surface area contributed by atoms with Gasteiger partial charge in [-0.1, -0.05) is 19.3 Å². The summed E-state index contributed by atoms with van der Waals surface area (Å²) in [6, 6.07) is 5.28. The molecule has 1 aliphatic carbocycles. The highest BCUT2D eigenvalue weighted by atomic mass is 79.9. The average molecular weight is 311 g/mol. The van der Waals surface area contributed by atoms with Gasteiger partial charge in [-0.05, 0) is 52.9 Å². The number of hydrogen-bond acceptors (Lipinski definition) is 2. The van der Waals surface area contributed by atoms with E-state index in [1.54, 1.807) is 18.2 Å². The first-order valence-electron chi connectivity index (χ1n) is 6.50. The minimum absolute atomic E-state index is 0.0127. The molecule has 4 heteroatoms. The predicted molar refractivity (Wildman–Crippen MR) is 77.5 cm³/mol. The van der Waals surface area contributed by atoms with Crippen molar-refractivity contribution in [3.05, 3.63) is 28.2 Å². The molecule has 0 unspecified atom stereocenters. The molecule has 3 nitrogen and oxygen atoms in total. The van der Waals surface area contributed by atoms with Crippen molar-refractivity contribution in [2.45, 2.75) is 32.1 Å². The van der Waals surface area contributed by atoms with E-state index in [-0.39, 0.29) is 5.91 Å². The molecule has 0 aromatic heterocycles. The molecule has 0 radical (unpaired) electrons. The molecule has 1 fully saturated rings. The number of halogens is 1. The first kappa shape index (κ1) is 13.4. The Balaban J connectivity index is 1.88. The number of anilines is 1. The third-order valence-electron chi connectivity index (χ3n) is 3.54. The molecule has 0 aliphatic heterocycles. The van der Waals surface area contributed by atoms with Crippen LogP contribution in [0.2, 0.25) is 0 Å². The fourth-order valence-corrected chi connectivity index (χ4v) is 2.78. The SMILES string of the molecule is Nc1ccc(C(=O)NCC2CCCCC2)cc1Br. The quantitative estimate of drug-likeness (QED) is 0.841. The van der Waals surface area contributed by atoms with Gasteiger partial charge < -0.3 is 11.1 Å². The summed E-state index contributed by atoms with van der Waals surface area (Å²) in [7, 11) is 0. The summed E-state index contributed by atoms with van der Waals surface area (Å²) in [4.78, 5) is 12.0. The van der Waals surface area contributed by atoms with E-state index < -0.39 is 0 Å². The van der Waals surface area contributed by atoms with Crippen LogP contribution in [0.15, 0.2) is 22.7 Å². The Morgan fingerprint density at radius 2 is 2.06 bits per heavy atom. The molecular weight excluding hydrogens is 292 g/mol. The molecular formula is C14H19BrN2O. The standard InChI is InChI=1S/C14H19BrN2O/c15-12-8-11(6-7-13(12)16)14(18)17-9-10-4-2-1-3-5-10/h6-8,10H,1-5,9,16H2,(H,17,18). The molecule has 1 aromatic rings. The van der Waals surface area contributed by atoms with E-state index in [0.29, 0.717) is 17.2 Å². The number of carbonyl (C=O) groups excluding carboxylic acids is 1. The number of nitrogens with one attached hydrogen (secondary N) is 1. The highest BCUT2D eigenvalue weighted by molar-refractivity contribution is 9.10. The lowest BCUT2D eigenvalue weighted by atomic mass is 9.89. The van der Waals surface area contributed by atoms with Gasteiger partial charge in [0.1, 0.15) is 0 Å². The molecule has 1 aliphatic rings. The van der Waals surface area contributed by atoms with Crippen molar-refractivity contribution in [3.63, 3.8) is 0 Å². The molecule has 0 atom stereocenters. The van der Waals surface area contributed by atoms with Gasteiger partial charge in [0.05, 0.1) is 0 Å². The number of hydrogen-bond donors (Lipinski definition) is 2. The molecule has 1 amide bonds. The van der Waals surface area contributed by atoms with Crippen LogP contribution >= 0.6 is 15.9 Å². The zero-order valence-corrected chi connectivity index (χ0v) is 12.0. The van der Waals surface area contributed by atoms with Crippen LogP contribution in [0.1, 0.15) is 42.5 Å². The van der Waals surface area contributed by atoms with E-state index >= 15 is 0 Å². The highest BCUT2D eigenvalue weighted by Gasteiger charge is 2.15. The van der Waals surface area contributed by atoms with Crippen LogP contribution < -0.4 is 11.1 Å². The van der Waals surface area contributed by atoms with Crippen molar-refractivity contribution >= 4 is 27.5 Å². The van der Waals surface area contributed by atoms with Gasteiger partial charge in [-0.2, -0.15) is 0 Å². The van der Waals surface area contributed by atoms with Crippen molar-refractivity contribution < 1.29 is 4.79 Å². The van der Waals surface area contributed by atoms with Gasteiger partial charge >= 0.3 is 0 Å². The Labute approximate surface area is 116 Å². The number of carbonyl (C=O) groups is 1. The fourth-order valence-electron chi connectivity index (χ4n) is 2.40. The molecule has 0 heterocycles. The van der Waals surface area contributed by atoms with Crippen molar-refractivity contribution in [3.8, 4) is 0 Å². The van der Waals surface area contributed by atoms with E-state index in [4.69, 9.17) is 5.73 Å².